The quantitative estimate of drug-likeness (QED) is 0.792. The first-order chi connectivity index (χ1) is 7.99. The van der Waals surface area contributed by atoms with Crippen molar-refractivity contribution in [3.8, 4) is 0 Å². The van der Waals surface area contributed by atoms with Crippen LogP contribution in [0.1, 0.15) is 41.0 Å². The molecule has 1 saturated heterocycles. The van der Waals surface area contributed by atoms with E-state index in [0.717, 1.165) is 19.1 Å². The maximum Gasteiger partial charge on any atom is 0.0219 e. The van der Waals surface area contributed by atoms with Gasteiger partial charge in [-0.1, -0.05) is 13.8 Å². The molecule has 1 aliphatic heterocycles. The molecule has 0 aromatic carbocycles. The summed E-state index contributed by atoms with van der Waals surface area (Å²) in [5, 5.41) is 3.48. The molecular weight excluding hydrogens is 210 g/mol. The van der Waals surface area contributed by atoms with Crippen molar-refractivity contribution in [2.75, 3.05) is 39.3 Å². The second-order valence-corrected chi connectivity index (χ2v) is 6.06. The Labute approximate surface area is 108 Å². The van der Waals surface area contributed by atoms with E-state index in [4.69, 9.17) is 0 Å². The molecule has 17 heavy (non-hydrogen) atoms. The van der Waals surface area contributed by atoms with E-state index < -0.39 is 0 Å². The molecule has 0 aromatic heterocycles. The Morgan fingerprint density at radius 1 is 1.06 bits per heavy atom. The van der Waals surface area contributed by atoms with Gasteiger partial charge < -0.3 is 5.32 Å². The zero-order valence-electron chi connectivity index (χ0n) is 12.4. The highest BCUT2D eigenvalue weighted by Gasteiger charge is 2.28. The fourth-order valence-corrected chi connectivity index (χ4v) is 2.60. The predicted octanol–water partition coefficient (Wildman–Crippen LogP) is 1.79. The van der Waals surface area contributed by atoms with E-state index in [-0.39, 0.29) is 0 Å². The Morgan fingerprint density at radius 3 is 2.06 bits per heavy atom. The summed E-state index contributed by atoms with van der Waals surface area (Å²) in [5.74, 6) is 0. The second-order valence-electron chi connectivity index (χ2n) is 6.06. The Hall–Kier alpha value is -0.120. The molecule has 1 heterocycles. The van der Waals surface area contributed by atoms with Crippen molar-refractivity contribution in [1.82, 2.24) is 15.1 Å². The van der Waals surface area contributed by atoms with Crippen LogP contribution in [0.2, 0.25) is 0 Å². The zero-order chi connectivity index (χ0) is 12.9. The molecule has 1 atom stereocenters. The predicted molar refractivity (Wildman–Crippen MR) is 75.5 cm³/mol. The van der Waals surface area contributed by atoms with Crippen LogP contribution in [0.15, 0.2) is 0 Å². The normalized spacial score (nSPS) is 21.7. The van der Waals surface area contributed by atoms with Gasteiger partial charge in [0.15, 0.2) is 0 Å². The van der Waals surface area contributed by atoms with Crippen molar-refractivity contribution in [3.63, 3.8) is 0 Å². The molecule has 0 bridgehead atoms. The van der Waals surface area contributed by atoms with Crippen molar-refractivity contribution < 1.29 is 0 Å². The van der Waals surface area contributed by atoms with Crippen LogP contribution in [-0.2, 0) is 0 Å². The van der Waals surface area contributed by atoms with Crippen LogP contribution < -0.4 is 5.32 Å². The van der Waals surface area contributed by atoms with Gasteiger partial charge in [0.1, 0.15) is 0 Å². The van der Waals surface area contributed by atoms with E-state index in [0.29, 0.717) is 5.54 Å². The van der Waals surface area contributed by atoms with E-state index in [1.54, 1.807) is 0 Å². The molecular formula is C14H31N3. The molecule has 0 aliphatic carbocycles. The Bertz CT molecular complexity index is 202. The Balaban J connectivity index is 2.39. The summed E-state index contributed by atoms with van der Waals surface area (Å²) in [6.07, 6.45) is 1.25. The van der Waals surface area contributed by atoms with Crippen LogP contribution in [-0.4, -0.2) is 60.6 Å². The minimum Gasteiger partial charge on any atom is -0.315 e. The molecule has 1 unspecified atom stereocenters. The van der Waals surface area contributed by atoms with E-state index in [1.165, 1.54) is 32.6 Å². The van der Waals surface area contributed by atoms with Crippen molar-refractivity contribution in [2.45, 2.75) is 52.6 Å². The molecule has 0 radical (unpaired) electrons. The van der Waals surface area contributed by atoms with Gasteiger partial charge in [-0.15, -0.1) is 0 Å². The summed E-state index contributed by atoms with van der Waals surface area (Å²) >= 11 is 0. The molecule has 1 rings (SSSR count). The van der Waals surface area contributed by atoms with Gasteiger partial charge >= 0.3 is 0 Å². The maximum absolute atomic E-state index is 3.48. The van der Waals surface area contributed by atoms with Gasteiger partial charge in [-0.3, -0.25) is 9.80 Å². The lowest BCUT2D eigenvalue weighted by molar-refractivity contribution is 0.0411. The third kappa shape index (κ3) is 4.57. The van der Waals surface area contributed by atoms with Gasteiger partial charge in [0, 0.05) is 44.3 Å². The average Bonchev–Trinajstić information content (AvgIpc) is 2.29. The molecule has 0 saturated carbocycles. The number of hydrogen-bond donors (Lipinski definition) is 1. The SMILES string of the molecule is CCNCC(CC)N1CCN(C(C)(C)C)CC1. The first-order valence-corrected chi connectivity index (χ1v) is 7.18. The number of likely N-dealkylation sites (N-methyl/N-ethyl adjacent to an activating group) is 1. The van der Waals surface area contributed by atoms with Crippen LogP contribution in [0.4, 0.5) is 0 Å². The van der Waals surface area contributed by atoms with E-state index >= 15 is 0 Å². The van der Waals surface area contributed by atoms with Crippen molar-refractivity contribution in [1.29, 1.82) is 0 Å². The van der Waals surface area contributed by atoms with Gasteiger partial charge in [0.05, 0.1) is 0 Å². The summed E-state index contributed by atoms with van der Waals surface area (Å²) in [4.78, 5) is 5.26. The minimum absolute atomic E-state index is 0.329. The monoisotopic (exact) mass is 241 g/mol. The van der Waals surface area contributed by atoms with Crippen LogP contribution in [0.25, 0.3) is 0 Å². The molecule has 3 nitrogen and oxygen atoms in total. The second kappa shape index (κ2) is 6.72. The highest BCUT2D eigenvalue weighted by Crippen LogP contribution is 2.17. The summed E-state index contributed by atoms with van der Waals surface area (Å²) in [5.41, 5.74) is 0.329. The van der Waals surface area contributed by atoms with Crippen molar-refractivity contribution in [3.05, 3.63) is 0 Å². The lowest BCUT2D eigenvalue weighted by atomic mass is 10.0. The Kier molecular flexibility index (Phi) is 5.90. The van der Waals surface area contributed by atoms with Gasteiger partial charge in [0.2, 0.25) is 0 Å². The van der Waals surface area contributed by atoms with Crippen LogP contribution in [0, 0.1) is 0 Å². The molecule has 1 N–H and O–H groups in total. The number of rotatable bonds is 5. The summed E-state index contributed by atoms with van der Waals surface area (Å²) in [6, 6.07) is 0.720. The van der Waals surface area contributed by atoms with Crippen LogP contribution >= 0.6 is 0 Å². The standard InChI is InChI=1S/C14H31N3/c1-6-13(12-15-7-2)16-8-10-17(11-9-16)14(3,4)5/h13,15H,6-12H2,1-5H3. The third-order valence-corrected chi connectivity index (χ3v) is 3.88. The topological polar surface area (TPSA) is 18.5 Å². The van der Waals surface area contributed by atoms with E-state index in [2.05, 4.69) is 49.7 Å². The van der Waals surface area contributed by atoms with Gasteiger partial charge in [-0.25, -0.2) is 0 Å². The highest BCUT2D eigenvalue weighted by molar-refractivity contribution is 4.84. The lowest BCUT2D eigenvalue weighted by Gasteiger charge is -2.44. The van der Waals surface area contributed by atoms with Gasteiger partial charge in [-0.05, 0) is 33.7 Å². The van der Waals surface area contributed by atoms with Crippen LogP contribution in [0.3, 0.4) is 0 Å². The number of nitrogens with one attached hydrogen (secondary N) is 1. The Morgan fingerprint density at radius 2 is 1.65 bits per heavy atom. The fraction of sp³-hybridized carbons (Fsp3) is 1.00. The first-order valence-electron chi connectivity index (χ1n) is 7.18. The fourth-order valence-electron chi connectivity index (χ4n) is 2.60. The smallest absolute Gasteiger partial charge is 0.0219 e. The molecule has 1 aliphatic rings. The van der Waals surface area contributed by atoms with Crippen molar-refractivity contribution in [2.24, 2.45) is 0 Å². The summed E-state index contributed by atoms with van der Waals surface area (Å²) in [7, 11) is 0. The average molecular weight is 241 g/mol. The molecule has 102 valence electrons. The van der Waals surface area contributed by atoms with E-state index in [9.17, 15) is 0 Å². The van der Waals surface area contributed by atoms with Gasteiger partial charge in [-0.2, -0.15) is 0 Å². The molecule has 3 heteroatoms. The largest absolute Gasteiger partial charge is 0.315 e. The van der Waals surface area contributed by atoms with Crippen LogP contribution in [0.5, 0.6) is 0 Å². The number of hydrogen-bond acceptors (Lipinski definition) is 3. The maximum atomic E-state index is 3.48. The number of nitrogens with zero attached hydrogens (tertiary/aromatic N) is 2. The first kappa shape index (κ1) is 14.9. The van der Waals surface area contributed by atoms with Gasteiger partial charge in [0.25, 0.3) is 0 Å². The minimum atomic E-state index is 0.329. The summed E-state index contributed by atoms with van der Waals surface area (Å²) in [6.45, 7) is 18.5. The molecule has 0 amide bonds. The molecule has 1 fully saturated rings. The molecule has 0 spiro atoms. The summed E-state index contributed by atoms with van der Waals surface area (Å²) < 4.78 is 0. The molecule has 0 aromatic rings. The lowest BCUT2D eigenvalue weighted by Crippen LogP contribution is -2.56. The highest BCUT2D eigenvalue weighted by atomic mass is 15.3. The van der Waals surface area contributed by atoms with E-state index in [1.807, 2.05) is 0 Å². The number of piperazine rings is 1. The zero-order valence-corrected chi connectivity index (χ0v) is 12.4. The van der Waals surface area contributed by atoms with Crippen molar-refractivity contribution >= 4 is 0 Å². The third-order valence-electron chi connectivity index (χ3n) is 3.88.